The molecule has 1 saturated carbocycles. The highest BCUT2D eigenvalue weighted by Crippen LogP contribution is 2.31. The van der Waals surface area contributed by atoms with E-state index in [4.69, 9.17) is 0 Å². The van der Waals surface area contributed by atoms with E-state index in [1.54, 1.807) is 32.4 Å². The van der Waals surface area contributed by atoms with E-state index in [-0.39, 0.29) is 17.6 Å². The second kappa shape index (κ2) is 9.47. The van der Waals surface area contributed by atoms with Gasteiger partial charge in [-0.2, -0.15) is 0 Å². The first-order valence-corrected chi connectivity index (χ1v) is 11.3. The average molecular weight is 458 g/mol. The van der Waals surface area contributed by atoms with Crippen molar-refractivity contribution in [3.05, 3.63) is 52.1 Å². The Morgan fingerprint density at radius 2 is 1.82 bits per heavy atom. The lowest BCUT2D eigenvalue weighted by atomic mass is 9.78. The Bertz CT molecular complexity index is 1100. The molecule has 0 atom stereocenters. The SMILES string of the molecule is CC[C@]1(NC(=O)C(=O)c2c(C)c(C(=O)Nc3ccc(F)c(C)c3)c(C)n2C)CC[C@H](O)CC1. The standard InChI is InChI=1S/C25H32FN3O4/c1-6-25(11-9-18(30)10-12-25)28-24(33)22(31)21-15(3)20(16(4)29(21)5)23(32)27-17-7-8-19(26)14(2)13-17/h7-8,13,18,30H,6,9-12H2,1-5H3,(H,27,32)(H,28,33)/t18-,25-. The van der Waals surface area contributed by atoms with Crippen LogP contribution in [0.5, 0.6) is 0 Å². The molecule has 0 spiro atoms. The number of nitrogens with zero attached hydrogens (tertiary/aromatic N) is 1. The van der Waals surface area contributed by atoms with Crippen molar-refractivity contribution in [2.24, 2.45) is 7.05 Å². The summed E-state index contributed by atoms with van der Waals surface area (Å²) in [6.07, 6.45) is 2.67. The zero-order chi connectivity index (χ0) is 24.5. The lowest BCUT2D eigenvalue weighted by Gasteiger charge is -2.38. The van der Waals surface area contributed by atoms with Gasteiger partial charge in [-0.05, 0) is 82.2 Å². The number of nitrogens with one attached hydrogen (secondary N) is 2. The first-order chi connectivity index (χ1) is 15.5. The summed E-state index contributed by atoms with van der Waals surface area (Å²) in [7, 11) is 1.65. The fourth-order valence-electron chi connectivity index (χ4n) is 4.68. The van der Waals surface area contributed by atoms with Crippen molar-refractivity contribution in [3.8, 4) is 0 Å². The van der Waals surface area contributed by atoms with Gasteiger partial charge in [0.25, 0.3) is 17.6 Å². The quantitative estimate of drug-likeness (QED) is 0.455. The number of ketones is 1. The van der Waals surface area contributed by atoms with Gasteiger partial charge in [-0.25, -0.2) is 4.39 Å². The number of Topliss-reactive ketones (excluding diaryl/α,β-unsaturated/α-hetero) is 1. The second-order valence-electron chi connectivity index (χ2n) is 9.06. The number of amides is 2. The predicted molar refractivity (Wildman–Crippen MR) is 124 cm³/mol. The summed E-state index contributed by atoms with van der Waals surface area (Å²) in [4.78, 5) is 39.1. The third-order valence-electron chi connectivity index (χ3n) is 6.96. The maximum absolute atomic E-state index is 13.5. The molecule has 1 heterocycles. The maximum Gasteiger partial charge on any atom is 0.294 e. The van der Waals surface area contributed by atoms with Crippen LogP contribution in [0.15, 0.2) is 18.2 Å². The number of aliphatic hydroxyl groups excluding tert-OH is 1. The summed E-state index contributed by atoms with van der Waals surface area (Å²) in [6.45, 7) is 6.92. The molecule has 3 N–H and O–H groups in total. The Morgan fingerprint density at radius 3 is 2.39 bits per heavy atom. The van der Waals surface area contributed by atoms with Gasteiger partial charge in [-0.3, -0.25) is 14.4 Å². The lowest BCUT2D eigenvalue weighted by molar-refractivity contribution is -0.119. The Balaban J connectivity index is 1.84. The van der Waals surface area contributed by atoms with Crippen LogP contribution in [-0.2, 0) is 11.8 Å². The average Bonchev–Trinajstić information content (AvgIpc) is 3.00. The van der Waals surface area contributed by atoms with E-state index >= 15 is 0 Å². The van der Waals surface area contributed by atoms with Crippen molar-refractivity contribution in [2.45, 2.75) is 71.4 Å². The van der Waals surface area contributed by atoms with Gasteiger partial charge in [0, 0.05) is 24.0 Å². The molecular formula is C25H32FN3O4. The topological polar surface area (TPSA) is 100 Å². The van der Waals surface area contributed by atoms with Crippen molar-refractivity contribution in [2.75, 3.05) is 5.32 Å². The van der Waals surface area contributed by atoms with Gasteiger partial charge in [0.2, 0.25) is 0 Å². The van der Waals surface area contributed by atoms with Crippen LogP contribution in [0.4, 0.5) is 10.1 Å². The van der Waals surface area contributed by atoms with Crippen molar-refractivity contribution in [3.63, 3.8) is 0 Å². The lowest BCUT2D eigenvalue weighted by Crippen LogP contribution is -2.53. The Labute approximate surface area is 193 Å². The first-order valence-electron chi connectivity index (χ1n) is 11.3. The molecule has 178 valence electrons. The number of aromatic nitrogens is 1. The predicted octanol–water partition coefficient (Wildman–Crippen LogP) is 3.72. The molecule has 0 radical (unpaired) electrons. The maximum atomic E-state index is 13.5. The van der Waals surface area contributed by atoms with E-state index in [1.165, 1.54) is 18.2 Å². The van der Waals surface area contributed by atoms with Crippen LogP contribution in [0, 0.1) is 26.6 Å². The molecule has 0 unspecified atom stereocenters. The highest BCUT2D eigenvalue weighted by molar-refractivity contribution is 6.43. The normalized spacial score (nSPS) is 20.4. The van der Waals surface area contributed by atoms with E-state index in [1.807, 2.05) is 6.92 Å². The van der Waals surface area contributed by atoms with Gasteiger partial charge in [0.15, 0.2) is 0 Å². The van der Waals surface area contributed by atoms with Gasteiger partial charge in [-0.1, -0.05) is 6.92 Å². The molecule has 1 aromatic carbocycles. The summed E-state index contributed by atoms with van der Waals surface area (Å²) < 4.78 is 15.1. The molecule has 0 aliphatic heterocycles. The molecular weight excluding hydrogens is 425 g/mol. The molecule has 33 heavy (non-hydrogen) atoms. The van der Waals surface area contributed by atoms with Crippen molar-refractivity contribution >= 4 is 23.3 Å². The summed E-state index contributed by atoms with van der Waals surface area (Å²) in [6, 6.07) is 4.28. The number of carbonyl (C=O) groups excluding carboxylic acids is 3. The third kappa shape index (κ3) is 4.85. The van der Waals surface area contributed by atoms with Crippen LogP contribution in [0.2, 0.25) is 0 Å². The Morgan fingerprint density at radius 1 is 1.18 bits per heavy atom. The van der Waals surface area contributed by atoms with Crippen LogP contribution in [0.1, 0.15) is 76.7 Å². The minimum atomic E-state index is -0.710. The number of rotatable bonds is 6. The smallest absolute Gasteiger partial charge is 0.294 e. The molecule has 3 rings (SSSR count). The van der Waals surface area contributed by atoms with Crippen molar-refractivity contribution < 1.29 is 23.9 Å². The molecule has 0 saturated heterocycles. The molecule has 1 aliphatic carbocycles. The molecule has 1 aromatic heterocycles. The minimum absolute atomic E-state index is 0.160. The van der Waals surface area contributed by atoms with Gasteiger partial charge in [-0.15, -0.1) is 0 Å². The Hall–Kier alpha value is -3.00. The van der Waals surface area contributed by atoms with Crippen LogP contribution in [-0.4, -0.2) is 38.9 Å². The zero-order valence-corrected chi connectivity index (χ0v) is 19.8. The van der Waals surface area contributed by atoms with Crippen LogP contribution >= 0.6 is 0 Å². The molecule has 2 aromatic rings. The molecule has 8 heteroatoms. The van der Waals surface area contributed by atoms with Crippen LogP contribution in [0.25, 0.3) is 0 Å². The molecule has 2 amide bonds. The minimum Gasteiger partial charge on any atom is -0.393 e. The van der Waals surface area contributed by atoms with E-state index in [0.717, 1.165) is 0 Å². The van der Waals surface area contributed by atoms with Crippen molar-refractivity contribution in [1.29, 1.82) is 0 Å². The van der Waals surface area contributed by atoms with Crippen LogP contribution in [0.3, 0.4) is 0 Å². The Kier molecular flexibility index (Phi) is 7.07. The number of aryl methyl sites for hydroxylation is 1. The fraction of sp³-hybridized carbons (Fsp3) is 0.480. The van der Waals surface area contributed by atoms with E-state index in [0.29, 0.717) is 60.2 Å². The molecule has 0 bridgehead atoms. The summed E-state index contributed by atoms with van der Waals surface area (Å²) in [5.74, 6) is -2.21. The summed E-state index contributed by atoms with van der Waals surface area (Å²) >= 11 is 0. The van der Waals surface area contributed by atoms with Gasteiger partial charge < -0.3 is 20.3 Å². The number of benzene rings is 1. The highest BCUT2D eigenvalue weighted by atomic mass is 19.1. The van der Waals surface area contributed by atoms with E-state index in [9.17, 15) is 23.9 Å². The second-order valence-corrected chi connectivity index (χ2v) is 9.06. The zero-order valence-electron chi connectivity index (χ0n) is 19.8. The van der Waals surface area contributed by atoms with Gasteiger partial charge in [0.05, 0.1) is 17.4 Å². The number of aliphatic hydroxyl groups is 1. The summed E-state index contributed by atoms with van der Waals surface area (Å²) in [5.41, 5.74) is 1.76. The molecule has 1 aliphatic rings. The van der Waals surface area contributed by atoms with E-state index in [2.05, 4.69) is 10.6 Å². The summed E-state index contributed by atoms with van der Waals surface area (Å²) in [5, 5.41) is 15.5. The first kappa shape index (κ1) is 24.6. The van der Waals surface area contributed by atoms with Gasteiger partial charge in [0.1, 0.15) is 5.82 Å². The number of anilines is 1. The van der Waals surface area contributed by atoms with E-state index < -0.39 is 23.1 Å². The number of hydrogen-bond donors (Lipinski definition) is 3. The molecule has 7 nitrogen and oxygen atoms in total. The largest absolute Gasteiger partial charge is 0.393 e. The van der Waals surface area contributed by atoms with Crippen molar-refractivity contribution in [1.82, 2.24) is 9.88 Å². The third-order valence-corrected chi connectivity index (χ3v) is 6.96. The number of halogens is 1. The highest BCUT2D eigenvalue weighted by Gasteiger charge is 2.37. The fourth-order valence-corrected chi connectivity index (χ4v) is 4.68. The van der Waals surface area contributed by atoms with Crippen LogP contribution < -0.4 is 10.6 Å². The monoisotopic (exact) mass is 457 g/mol. The van der Waals surface area contributed by atoms with Gasteiger partial charge >= 0.3 is 0 Å². The molecule has 1 fully saturated rings. The number of carbonyl (C=O) groups is 3. The number of hydrogen-bond acceptors (Lipinski definition) is 4.